The van der Waals surface area contributed by atoms with E-state index in [0.717, 1.165) is 0 Å². The third-order valence-electron chi connectivity index (χ3n) is 2.01. The molecule has 88 valence electrons. The number of carbonyl (C=O) groups is 1. The molecule has 0 bridgehead atoms. The number of aromatic nitrogens is 4. The smallest absolute Gasteiger partial charge is 0.357 e. The summed E-state index contributed by atoms with van der Waals surface area (Å²) in [4.78, 5) is 22.5. The molecule has 0 spiro atoms. The molecule has 2 aromatic rings. The molecule has 0 aliphatic heterocycles. The lowest BCUT2D eigenvalue weighted by molar-refractivity contribution is 0.0515. The molecule has 17 heavy (non-hydrogen) atoms. The fraction of sp³-hybridized carbons (Fsp3) is 0.200. The SMILES string of the molecule is CCOC(=O)c1ccnn1-c1ccc(=O)[nH]n1. The second kappa shape index (κ2) is 4.60. The summed E-state index contributed by atoms with van der Waals surface area (Å²) in [6.07, 6.45) is 1.46. The van der Waals surface area contributed by atoms with Crippen molar-refractivity contribution in [3.63, 3.8) is 0 Å². The second-order valence-electron chi connectivity index (χ2n) is 3.13. The van der Waals surface area contributed by atoms with Crippen molar-refractivity contribution in [1.82, 2.24) is 20.0 Å². The summed E-state index contributed by atoms with van der Waals surface area (Å²) in [5.74, 6) is -0.143. The molecule has 2 rings (SSSR count). The Hall–Kier alpha value is -2.44. The highest BCUT2D eigenvalue weighted by Crippen LogP contribution is 2.07. The molecule has 7 heteroatoms. The molecule has 7 nitrogen and oxygen atoms in total. The number of carbonyl (C=O) groups excluding carboxylic acids is 1. The monoisotopic (exact) mass is 234 g/mol. The average Bonchev–Trinajstić information content (AvgIpc) is 2.79. The van der Waals surface area contributed by atoms with Gasteiger partial charge in [-0.25, -0.2) is 14.6 Å². The van der Waals surface area contributed by atoms with E-state index < -0.39 is 5.97 Å². The van der Waals surface area contributed by atoms with Crippen LogP contribution in [0.1, 0.15) is 17.4 Å². The molecule has 0 aliphatic carbocycles. The molecule has 0 unspecified atom stereocenters. The predicted molar refractivity (Wildman–Crippen MR) is 57.9 cm³/mol. The third kappa shape index (κ3) is 2.22. The Morgan fingerprint density at radius 3 is 2.94 bits per heavy atom. The predicted octanol–water partition coefficient (Wildman–Crippen LogP) is 0.132. The van der Waals surface area contributed by atoms with Gasteiger partial charge in [0, 0.05) is 6.07 Å². The van der Waals surface area contributed by atoms with Crippen LogP contribution in [0.15, 0.2) is 29.2 Å². The highest BCUT2D eigenvalue weighted by Gasteiger charge is 2.14. The van der Waals surface area contributed by atoms with Crippen LogP contribution in [0.2, 0.25) is 0 Å². The van der Waals surface area contributed by atoms with Crippen molar-refractivity contribution < 1.29 is 9.53 Å². The summed E-state index contributed by atoms with van der Waals surface area (Å²) in [5.41, 5.74) is -0.0648. The summed E-state index contributed by atoms with van der Waals surface area (Å²) in [6, 6.07) is 4.29. The van der Waals surface area contributed by atoms with E-state index in [1.54, 1.807) is 6.92 Å². The van der Waals surface area contributed by atoms with Crippen LogP contribution in [-0.4, -0.2) is 32.6 Å². The first-order chi connectivity index (χ1) is 8.22. The molecule has 0 saturated heterocycles. The van der Waals surface area contributed by atoms with Crippen LogP contribution in [0.25, 0.3) is 5.82 Å². The Kier molecular flexibility index (Phi) is 2.99. The Morgan fingerprint density at radius 1 is 1.47 bits per heavy atom. The first-order valence-corrected chi connectivity index (χ1v) is 4.99. The quantitative estimate of drug-likeness (QED) is 0.762. The summed E-state index contributed by atoms with van der Waals surface area (Å²) in [5, 5.41) is 10.00. The summed E-state index contributed by atoms with van der Waals surface area (Å²) in [6.45, 7) is 2.00. The normalized spacial score (nSPS) is 10.2. The van der Waals surface area contributed by atoms with Crippen LogP contribution in [0.5, 0.6) is 0 Å². The van der Waals surface area contributed by atoms with Gasteiger partial charge in [-0.1, -0.05) is 0 Å². The molecule has 0 atom stereocenters. The third-order valence-corrected chi connectivity index (χ3v) is 2.01. The molecule has 0 aliphatic rings. The Bertz CT molecular complexity index is 567. The first kappa shape index (κ1) is 11.1. The molecule has 2 aromatic heterocycles. The van der Waals surface area contributed by atoms with E-state index in [4.69, 9.17) is 4.74 Å². The van der Waals surface area contributed by atoms with Gasteiger partial charge < -0.3 is 4.74 Å². The van der Waals surface area contributed by atoms with E-state index in [-0.39, 0.29) is 17.9 Å². The zero-order valence-corrected chi connectivity index (χ0v) is 9.08. The van der Waals surface area contributed by atoms with E-state index in [2.05, 4.69) is 15.3 Å². The van der Waals surface area contributed by atoms with Crippen molar-refractivity contribution in [1.29, 1.82) is 0 Å². The molecule has 0 fully saturated rings. The Morgan fingerprint density at radius 2 is 2.29 bits per heavy atom. The van der Waals surface area contributed by atoms with Crippen molar-refractivity contribution in [3.05, 3.63) is 40.4 Å². The van der Waals surface area contributed by atoms with Crippen LogP contribution >= 0.6 is 0 Å². The highest BCUT2D eigenvalue weighted by molar-refractivity contribution is 5.88. The molecule has 0 amide bonds. The summed E-state index contributed by atoms with van der Waals surface area (Å²) in [7, 11) is 0. The minimum atomic E-state index is -0.488. The number of hydrogen-bond acceptors (Lipinski definition) is 5. The maximum absolute atomic E-state index is 11.6. The Balaban J connectivity index is 2.40. The highest BCUT2D eigenvalue weighted by atomic mass is 16.5. The molecule has 0 saturated carbocycles. The summed E-state index contributed by atoms with van der Waals surface area (Å²) < 4.78 is 6.17. The lowest BCUT2D eigenvalue weighted by Gasteiger charge is -2.04. The van der Waals surface area contributed by atoms with Crippen LogP contribution in [0.4, 0.5) is 0 Å². The van der Waals surface area contributed by atoms with Crippen LogP contribution < -0.4 is 5.56 Å². The Labute approximate surface area is 96.0 Å². The van der Waals surface area contributed by atoms with Gasteiger partial charge in [0.2, 0.25) is 0 Å². The minimum absolute atomic E-state index is 0.256. The topological polar surface area (TPSA) is 89.9 Å². The van der Waals surface area contributed by atoms with Crippen molar-refractivity contribution >= 4 is 5.97 Å². The van der Waals surface area contributed by atoms with Crippen molar-refractivity contribution in [2.45, 2.75) is 6.92 Å². The van der Waals surface area contributed by atoms with E-state index in [1.807, 2.05) is 0 Å². The van der Waals surface area contributed by atoms with Crippen LogP contribution in [0.3, 0.4) is 0 Å². The van der Waals surface area contributed by atoms with E-state index in [1.165, 1.54) is 29.1 Å². The number of ether oxygens (including phenoxy) is 1. The molecule has 0 radical (unpaired) electrons. The minimum Gasteiger partial charge on any atom is -0.461 e. The van der Waals surface area contributed by atoms with E-state index in [9.17, 15) is 9.59 Å². The number of hydrogen-bond donors (Lipinski definition) is 1. The van der Waals surface area contributed by atoms with Gasteiger partial charge in [0.15, 0.2) is 11.5 Å². The van der Waals surface area contributed by atoms with Crippen molar-refractivity contribution in [2.75, 3.05) is 6.61 Å². The molecule has 1 N–H and O–H groups in total. The van der Waals surface area contributed by atoms with Crippen LogP contribution in [-0.2, 0) is 4.74 Å². The van der Waals surface area contributed by atoms with Crippen LogP contribution in [0, 0.1) is 0 Å². The van der Waals surface area contributed by atoms with Gasteiger partial charge in [0.1, 0.15) is 0 Å². The van der Waals surface area contributed by atoms with Gasteiger partial charge >= 0.3 is 5.97 Å². The maximum Gasteiger partial charge on any atom is 0.357 e. The van der Waals surface area contributed by atoms with Gasteiger partial charge in [-0.15, -0.1) is 0 Å². The second-order valence-corrected chi connectivity index (χ2v) is 3.13. The molecule has 2 heterocycles. The van der Waals surface area contributed by atoms with Gasteiger partial charge in [-0.3, -0.25) is 4.79 Å². The van der Waals surface area contributed by atoms with Crippen molar-refractivity contribution in [2.24, 2.45) is 0 Å². The number of rotatable bonds is 3. The number of aromatic amines is 1. The number of H-pyrrole nitrogens is 1. The van der Waals surface area contributed by atoms with Gasteiger partial charge in [-0.2, -0.15) is 10.2 Å². The standard InChI is InChI=1S/C10H10N4O3/c1-2-17-10(16)7-5-6-11-14(7)8-3-4-9(15)13-12-8/h3-6H,2H2,1H3,(H,13,15). The molecular weight excluding hydrogens is 224 g/mol. The van der Waals surface area contributed by atoms with Gasteiger partial charge in [-0.05, 0) is 19.1 Å². The fourth-order valence-electron chi connectivity index (χ4n) is 1.30. The fourth-order valence-corrected chi connectivity index (χ4v) is 1.30. The average molecular weight is 234 g/mol. The lowest BCUT2D eigenvalue weighted by Crippen LogP contribution is -2.15. The number of nitrogens with one attached hydrogen (secondary N) is 1. The largest absolute Gasteiger partial charge is 0.461 e. The number of esters is 1. The zero-order valence-electron chi connectivity index (χ0n) is 9.08. The van der Waals surface area contributed by atoms with Gasteiger partial charge in [0.25, 0.3) is 5.56 Å². The first-order valence-electron chi connectivity index (χ1n) is 4.99. The van der Waals surface area contributed by atoms with E-state index in [0.29, 0.717) is 5.82 Å². The van der Waals surface area contributed by atoms with Crippen molar-refractivity contribution in [3.8, 4) is 5.82 Å². The van der Waals surface area contributed by atoms with E-state index >= 15 is 0 Å². The molecular formula is C10H10N4O3. The molecule has 0 aromatic carbocycles. The summed E-state index contributed by atoms with van der Waals surface area (Å²) >= 11 is 0. The lowest BCUT2D eigenvalue weighted by atomic mass is 10.4. The zero-order chi connectivity index (χ0) is 12.3. The maximum atomic E-state index is 11.6. The van der Waals surface area contributed by atoms with Gasteiger partial charge in [0.05, 0.1) is 12.8 Å². The number of nitrogens with zero attached hydrogens (tertiary/aromatic N) is 3.